The van der Waals surface area contributed by atoms with Gasteiger partial charge in [0, 0.05) is 25.7 Å². The van der Waals surface area contributed by atoms with Gasteiger partial charge in [-0.05, 0) is 37.5 Å². The molecular formula is C69H134O17P2. The monoisotopic (exact) mass is 1300 g/mol. The molecule has 0 aliphatic carbocycles. The van der Waals surface area contributed by atoms with Crippen LogP contribution in [0.4, 0.5) is 0 Å². The molecule has 5 atom stereocenters. The number of hydrogen-bond acceptors (Lipinski definition) is 15. The molecule has 3 N–H and O–H groups in total. The zero-order valence-corrected chi connectivity index (χ0v) is 58.8. The smallest absolute Gasteiger partial charge is 0.462 e. The number of phosphoric ester groups is 2. The number of rotatable bonds is 68. The minimum absolute atomic E-state index is 0.105. The van der Waals surface area contributed by atoms with Gasteiger partial charge in [-0.2, -0.15) is 0 Å². The average molecular weight is 1300 g/mol. The van der Waals surface area contributed by atoms with Crippen molar-refractivity contribution in [1.29, 1.82) is 0 Å². The first kappa shape index (κ1) is 86.1. The molecule has 0 aromatic heterocycles. The van der Waals surface area contributed by atoms with Crippen molar-refractivity contribution in [2.24, 2.45) is 11.8 Å². The molecule has 0 rings (SSSR count). The molecule has 0 aliphatic heterocycles. The number of carbonyl (C=O) groups is 4. The molecule has 0 amide bonds. The standard InChI is InChI=1S/C69H134O17P2/c1-7-9-11-13-15-17-19-23-27-34-40-46-52-67(72)80-57-64(85-68(73)53-47-41-35-28-24-20-22-25-31-37-43-49-61(3)4)59-83-87(75,76)81-55-63(70)56-82-88(77,78)84-60-65(86-69(74)54-48-42-36-30-29-32-38-44-50-62(5)6)58-79-66(71)51-45-39-33-26-21-18-16-14-12-10-8-2/h61-65,70H,7-60H2,1-6H3,(H,75,76)(H,77,78)/t63-,64-,65-/m1/s1. The molecule has 17 nitrogen and oxygen atoms in total. The maximum absolute atomic E-state index is 13.0. The molecule has 0 saturated heterocycles. The molecule has 88 heavy (non-hydrogen) atoms. The van der Waals surface area contributed by atoms with Gasteiger partial charge in [0.25, 0.3) is 0 Å². The number of ether oxygens (including phenoxy) is 4. The number of aliphatic hydroxyl groups excluding tert-OH is 1. The van der Waals surface area contributed by atoms with E-state index in [1.165, 1.54) is 167 Å². The number of unbranched alkanes of at least 4 members (excludes halogenated alkanes) is 38. The molecule has 522 valence electrons. The van der Waals surface area contributed by atoms with Gasteiger partial charge in [-0.15, -0.1) is 0 Å². The lowest BCUT2D eigenvalue weighted by Crippen LogP contribution is -2.30. The quantitative estimate of drug-likeness (QED) is 0.0222. The van der Waals surface area contributed by atoms with Crippen molar-refractivity contribution < 1.29 is 80.2 Å². The van der Waals surface area contributed by atoms with Gasteiger partial charge < -0.3 is 33.8 Å². The first-order valence-corrected chi connectivity index (χ1v) is 39.0. The summed E-state index contributed by atoms with van der Waals surface area (Å²) in [6, 6.07) is 0. The van der Waals surface area contributed by atoms with Crippen molar-refractivity contribution in [1.82, 2.24) is 0 Å². The topological polar surface area (TPSA) is 237 Å². The van der Waals surface area contributed by atoms with Crippen LogP contribution >= 0.6 is 15.6 Å². The SMILES string of the molecule is CCCCCCCCCCCCCCC(=O)OC[C@H](COP(=O)(O)OC[C@@H](O)COP(=O)(O)OC[C@@H](COC(=O)CCCCCCCCCCCCC)OC(=O)CCCCCCCCCCC(C)C)OC(=O)CCCCCCCCCCCCCC(C)C. The fraction of sp³-hybridized carbons (Fsp3) is 0.942. The van der Waals surface area contributed by atoms with Crippen LogP contribution in [0.1, 0.15) is 350 Å². The predicted octanol–water partition coefficient (Wildman–Crippen LogP) is 19.6. The van der Waals surface area contributed by atoms with E-state index in [0.29, 0.717) is 25.7 Å². The van der Waals surface area contributed by atoms with Crippen LogP contribution in [0.5, 0.6) is 0 Å². The van der Waals surface area contributed by atoms with Crippen molar-refractivity contribution in [3.8, 4) is 0 Å². The van der Waals surface area contributed by atoms with E-state index in [1.54, 1.807) is 0 Å². The van der Waals surface area contributed by atoms with Crippen LogP contribution in [0.3, 0.4) is 0 Å². The van der Waals surface area contributed by atoms with Gasteiger partial charge in [-0.25, -0.2) is 9.13 Å². The summed E-state index contributed by atoms with van der Waals surface area (Å²) in [5.41, 5.74) is 0. The third-order valence-corrected chi connectivity index (χ3v) is 17.9. The summed E-state index contributed by atoms with van der Waals surface area (Å²) in [6.07, 6.45) is 45.7. The minimum Gasteiger partial charge on any atom is -0.462 e. The lowest BCUT2D eigenvalue weighted by Gasteiger charge is -2.21. The third-order valence-electron chi connectivity index (χ3n) is 16.0. The third kappa shape index (κ3) is 62.8. The number of esters is 4. The number of phosphoric acid groups is 2. The second-order valence-corrected chi connectivity index (χ2v) is 28.8. The largest absolute Gasteiger partial charge is 0.472 e. The van der Waals surface area contributed by atoms with Crippen LogP contribution in [0, 0.1) is 11.8 Å². The minimum atomic E-state index is -4.95. The molecule has 0 spiro atoms. The molecule has 2 unspecified atom stereocenters. The Bertz CT molecular complexity index is 1720. The van der Waals surface area contributed by atoms with Gasteiger partial charge in [0.15, 0.2) is 12.2 Å². The predicted molar refractivity (Wildman–Crippen MR) is 354 cm³/mol. The van der Waals surface area contributed by atoms with Crippen LogP contribution in [0.25, 0.3) is 0 Å². The average Bonchev–Trinajstić information content (AvgIpc) is 3.63. The van der Waals surface area contributed by atoms with Crippen LogP contribution in [-0.4, -0.2) is 96.7 Å². The van der Waals surface area contributed by atoms with E-state index >= 15 is 0 Å². The fourth-order valence-corrected chi connectivity index (χ4v) is 12.0. The summed E-state index contributed by atoms with van der Waals surface area (Å²) in [5.74, 6) is -0.642. The molecule has 0 fully saturated rings. The van der Waals surface area contributed by atoms with Crippen LogP contribution in [0.2, 0.25) is 0 Å². The van der Waals surface area contributed by atoms with Crippen LogP contribution in [0.15, 0.2) is 0 Å². The summed E-state index contributed by atoms with van der Waals surface area (Å²) in [7, 11) is -9.90. The molecule has 19 heteroatoms. The second kappa shape index (κ2) is 61.3. The number of carbonyl (C=O) groups excluding carboxylic acids is 4. The van der Waals surface area contributed by atoms with Gasteiger partial charge in [-0.1, -0.05) is 298 Å². The Hall–Kier alpha value is -1.94. The second-order valence-electron chi connectivity index (χ2n) is 25.9. The zero-order chi connectivity index (χ0) is 65.0. The summed E-state index contributed by atoms with van der Waals surface area (Å²) in [5, 5.41) is 10.6. The Morgan fingerprint density at radius 1 is 0.307 bits per heavy atom. The molecule has 0 radical (unpaired) electrons. The number of aliphatic hydroxyl groups is 1. The van der Waals surface area contributed by atoms with E-state index in [-0.39, 0.29) is 25.7 Å². The lowest BCUT2D eigenvalue weighted by atomic mass is 10.0. The molecule has 0 saturated carbocycles. The van der Waals surface area contributed by atoms with Gasteiger partial charge in [0.2, 0.25) is 0 Å². The maximum atomic E-state index is 13.0. The van der Waals surface area contributed by atoms with Crippen molar-refractivity contribution in [2.75, 3.05) is 39.6 Å². The first-order chi connectivity index (χ1) is 42.4. The summed E-state index contributed by atoms with van der Waals surface area (Å²) in [6.45, 7) is 9.50. The lowest BCUT2D eigenvalue weighted by molar-refractivity contribution is -0.161. The molecular weight excluding hydrogens is 1160 g/mol. The first-order valence-electron chi connectivity index (χ1n) is 36.0. The maximum Gasteiger partial charge on any atom is 0.472 e. The van der Waals surface area contributed by atoms with E-state index in [9.17, 15) is 43.2 Å². The van der Waals surface area contributed by atoms with E-state index in [0.717, 1.165) is 102 Å². The van der Waals surface area contributed by atoms with Gasteiger partial charge >= 0.3 is 39.5 Å². The van der Waals surface area contributed by atoms with Crippen molar-refractivity contribution in [2.45, 2.75) is 368 Å². The van der Waals surface area contributed by atoms with E-state index < -0.39 is 97.5 Å². The Morgan fingerprint density at radius 3 is 0.773 bits per heavy atom. The number of hydrogen-bond donors (Lipinski definition) is 3. The van der Waals surface area contributed by atoms with E-state index in [2.05, 4.69) is 41.5 Å². The van der Waals surface area contributed by atoms with E-state index in [1.807, 2.05) is 0 Å². The van der Waals surface area contributed by atoms with Crippen LogP contribution < -0.4 is 0 Å². The fourth-order valence-electron chi connectivity index (χ4n) is 10.4. The van der Waals surface area contributed by atoms with E-state index in [4.69, 9.17) is 37.0 Å². The highest BCUT2D eigenvalue weighted by Crippen LogP contribution is 2.45. The highest BCUT2D eigenvalue weighted by Gasteiger charge is 2.30. The molecule has 0 aromatic rings. The molecule has 0 heterocycles. The Morgan fingerprint density at radius 2 is 0.523 bits per heavy atom. The molecule has 0 aromatic carbocycles. The Labute approximate surface area is 537 Å². The summed E-state index contributed by atoms with van der Waals surface area (Å²) < 4.78 is 68.2. The summed E-state index contributed by atoms with van der Waals surface area (Å²) >= 11 is 0. The van der Waals surface area contributed by atoms with Gasteiger partial charge in [-0.3, -0.25) is 37.3 Å². The van der Waals surface area contributed by atoms with Crippen LogP contribution in [-0.2, 0) is 65.4 Å². The van der Waals surface area contributed by atoms with Crippen molar-refractivity contribution >= 4 is 39.5 Å². The highest BCUT2D eigenvalue weighted by atomic mass is 31.2. The van der Waals surface area contributed by atoms with Gasteiger partial charge in [0.1, 0.15) is 19.3 Å². The van der Waals surface area contributed by atoms with Gasteiger partial charge in [0.05, 0.1) is 26.4 Å². The Kier molecular flexibility index (Phi) is 59.9. The normalized spacial score (nSPS) is 14.2. The highest BCUT2D eigenvalue weighted by molar-refractivity contribution is 7.47. The molecule has 0 bridgehead atoms. The van der Waals surface area contributed by atoms with Crippen molar-refractivity contribution in [3.63, 3.8) is 0 Å². The van der Waals surface area contributed by atoms with Crippen molar-refractivity contribution in [3.05, 3.63) is 0 Å². The zero-order valence-electron chi connectivity index (χ0n) is 57.0. The Balaban J connectivity index is 5.25. The molecule has 0 aliphatic rings. The summed E-state index contributed by atoms with van der Waals surface area (Å²) in [4.78, 5) is 72.5.